The van der Waals surface area contributed by atoms with E-state index in [4.69, 9.17) is 9.47 Å². The highest BCUT2D eigenvalue weighted by atomic mass is 16.5. The van der Waals surface area contributed by atoms with Gasteiger partial charge in [-0.2, -0.15) is 0 Å². The van der Waals surface area contributed by atoms with Crippen molar-refractivity contribution in [2.75, 3.05) is 38.7 Å². The summed E-state index contributed by atoms with van der Waals surface area (Å²) in [5.74, 6) is 0.724. The number of benzene rings is 1. The average molecular weight is 363 g/mol. The largest absolute Gasteiger partial charge is 0.494 e. The van der Waals surface area contributed by atoms with Crippen molar-refractivity contribution in [2.24, 2.45) is 0 Å². The van der Waals surface area contributed by atoms with E-state index in [1.54, 1.807) is 7.11 Å². The maximum absolute atomic E-state index is 12.4. The first-order chi connectivity index (χ1) is 12.6. The lowest BCUT2D eigenvalue weighted by molar-refractivity contribution is -0.136. The molecule has 1 saturated heterocycles. The van der Waals surface area contributed by atoms with Gasteiger partial charge in [0.05, 0.1) is 6.61 Å². The highest BCUT2D eigenvalue weighted by Gasteiger charge is 2.32. The Morgan fingerprint density at radius 3 is 2.50 bits per heavy atom. The van der Waals surface area contributed by atoms with Crippen LogP contribution in [0.5, 0.6) is 5.75 Å². The van der Waals surface area contributed by atoms with Gasteiger partial charge in [0.2, 0.25) is 0 Å². The fraction of sp³-hybridized carbons (Fsp3) is 0.667. The van der Waals surface area contributed by atoms with Crippen LogP contribution in [0.15, 0.2) is 24.3 Å². The highest BCUT2D eigenvalue weighted by Crippen LogP contribution is 2.21. The molecule has 1 aliphatic rings. The van der Waals surface area contributed by atoms with Gasteiger partial charge in [-0.3, -0.25) is 4.79 Å². The summed E-state index contributed by atoms with van der Waals surface area (Å²) in [7, 11) is 1.58. The second kappa shape index (κ2) is 10.5. The Kier molecular flexibility index (Phi) is 8.39. The summed E-state index contributed by atoms with van der Waals surface area (Å²) in [5.41, 5.74) is -0.0340. The quantitative estimate of drug-likeness (QED) is 0.637. The summed E-state index contributed by atoms with van der Waals surface area (Å²) in [6.45, 7) is 8.16. The van der Waals surface area contributed by atoms with E-state index in [1.165, 1.54) is 32.4 Å². The standard InChI is InChI=1S/C21H34N2O3/c1-4-13-21(2,25-3)20(24)22-18-9-11-19(12-10-18)26-17-8-16-23-14-6-5-7-15-23/h9-12H,4-8,13-17H2,1-3H3,(H,22,24)/t21-/m1/s1. The number of nitrogens with zero attached hydrogens (tertiary/aromatic N) is 1. The van der Waals surface area contributed by atoms with Crippen LogP contribution in [0.1, 0.15) is 52.4 Å². The molecule has 1 atom stereocenters. The maximum atomic E-state index is 12.4. The topological polar surface area (TPSA) is 50.8 Å². The molecule has 5 nitrogen and oxygen atoms in total. The first-order valence-electron chi connectivity index (χ1n) is 9.89. The number of carbonyl (C=O) groups excluding carboxylic acids is 1. The van der Waals surface area contributed by atoms with Crippen LogP contribution < -0.4 is 10.1 Å². The van der Waals surface area contributed by atoms with E-state index in [0.717, 1.165) is 37.4 Å². The summed E-state index contributed by atoms with van der Waals surface area (Å²) in [6, 6.07) is 7.56. The summed E-state index contributed by atoms with van der Waals surface area (Å²) in [4.78, 5) is 15.0. The molecule has 1 aromatic carbocycles. The predicted octanol–water partition coefficient (Wildman–Crippen LogP) is 4.09. The van der Waals surface area contributed by atoms with Crippen LogP contribution in [-0.4, -0.2) is 49.8 Å². The van der Waals surface area contributed by atoms with Gasteiger partial charge in [-0.25, -0.2) is 0 Å². The minimum absolute atomic E-state index is 0.114. The molecule has 1 fully saturated rings. The minimum Gasteiger partial charge on any atom is -0.494 e. The Labute approximate surface area is 158 Å². The van der Waals surface area contributed by atoms with Gasteiger partial charge in [-0.05, 0) is 70.0 Å². The van der Waals surface area contributed by atoms with E-state index in [9.17, 15) is 4.79 Å². The van der Waals surface area contributed by atoms with Crippen molar-refractivity contribution in [1.29, 1.82) is 0 Å². The van der Waals surface area contributed by atoms with Crippen molar-refractivity contribution in [3.63, 3.8) is 0 Å². The van der Waals surface area contributed by atoms with Crippen LogP contribution in [0.4, 0.5) is 5.69 Å². The SMILES string of the molecule is CCC[C@@](C)(OC)C(=O)Nc1ccc(OCCCN2CCCCC2)cc1. The molecule has 146 valence electrons. The molecule has 0 aliphatic carbocycles. The third kappa shape index (κ3) is 6.29. The summed E-state index contributed by atoms with van der Waals surface area (Å²) >= 11 is 0. The molecule has 1 aromatic rings. The molecule has 0 saturated carbocycles. The van der Waals surface area contributed by atoms with Crippen LogP contribution in [0, 0.1) is 0 Å². The van der Waals surface area contributed by atoms with Crippen molar-refractivity contribution in [1.82, 2.24) is 4.90 Å². The first-order valence-corrected chi connectivity index (χ1v) is 9.89. The predicted molar refractivity (Wildman–Crippen MR) is 106 cm³/mol. The lowest BCUT2D eigenvalue weighted by atomic mass is 9.99. The van der Waals surface area contributed by atoms with Gasteiger partial charge in [0.15, 0.2) is 0 Å². The van der Waals surface area contributed by atoms with Gasteiger partial charge in [0, 0.05) is 19.3 Å². The van der Waals surface area contributed by atoms with Gasteiger partial charge in [-0.15, -0.1) is 0 Å². The minimum atomic E-state index is -0.793. The summed E-state index contributed by atoms with van der Waals surface area (Å²) in [5, 5.41) is 2.93. The number of nitrogens with one attached hydrogen (secondary N) is 1. The van der Waals surface area contributed by atoms with E-state index >= 15 is 0 Å². The van der Waals surface area contributed by atoms with Gasteiger partial charge in [0.1, 0.15) is 11.4 Å². The van der Waals surface area contributed by atoms with E-state index in [0.29, 0.717) is 6.42 Å². The fourth-order valence-corrected chi connectivity index (χ4v) is 3.34. The normalized spacial score (nSPS) is 17.5. The van der Waals surface area contributed by atoms with E-state index < -0.39 is 5.60 Å². The van der Waals surface area contributed by atoms with Crippen molar-refractivity contribution in [2.45, 2.75) is 58.0 Å². The molecule has 1 heterocycles. The number of piperidine rings is 1. The van der Waals surface area contributed by atoms with Gasteiger partial charge < -0.3 is 19.7 Å². The maximum Gasteiger partial charge on any atom is 0.256 e. The number of hydrogen-bond donors (Lipinski definition) is 1. The van der Waals surface area contributed by atoms with Gasteiger partial charge >= 0.3 is 0 Å². The number of methoxy groups -OCH3 is 1. The molecule has 0 spiro atoms. The number of amides is 1. The molecule has 0 aromatic heterocycles. The number of likely N-dealkylation sites (tertiary alicyclic amines) is 1. The Morgan fingerprint density at radius 1 is 1.19 bits per heavy atom. The molecule has 26 heavy (non-hydrogen) atoms. The molecular weight excluding hydrogens is 328 g/mol. The first kappa shape index (κ1) is 20.7. The van der Waals surface area contributed by atoms with E-state index in [-0.39, 0.29) is 5.91 Å². The van der Waals surface area contributed by atoms with Crippen molar-refractivity contribution < 1.29 is 14.3 Å². The second-order valence-electron chi connectivity index (χ2n) is 7.27. The number of rotatable bonds is 10. The molecule has 2 rings (SSSR count). The zero-order valence-electron chi connectivity index (χ0n) is 16.6. The number of ether oxygens (including phenoxy) is 2. The third-order valence-corrected chi connectivity index (χ3v) is 5.11. The summed E-state index contributed by atoms with van der Waals surface area (Å²) < 4.78 is 11.2. The van der Waals surface area contributed by atoms with Crippen molar-refractivity contribution in [3.8, 4) is 5.75 Å². The zero-order chi connectivity index (χ0) is 18.8. The molecule has 0 radical (unpaired) electrons. The number of carbonyl (C=O) groups is 1. The van der Waals surface area contributed by atoms with Crippen LogP contribution in [0.2, 0.25) is 0 Å². The lowest BCUT2D eigenvalue weighted by Crippen LogP contribution is -2.41. The Hall–Kier alpha value is -1.59. The third-order valence-electron chi connectivity index (χ3n) is 5.11. The van der Waals surface area contributed by atoms with E-state index in [2.05, 4.69) is 10.2 Å². The highest BCUT2D eigenvalue weighted by molar-refractivity contribution is 5.97. The molecule has 0 unspecified atom stereocenters. The molecule has 1 N–H and O–H groups in total. The van der Waals surface area contributed by atoms with Crippen LogP contribution in [0.25, 0.3) is 0 Å². The number of hydrogen-bond acceptors (Lipinski definition) is 4. The molecule has 5 heteroatoms. The van der Waals surface area contributed by atoms with Gasteiger partial charge in [0.25, 0.3) is 5.91 Å². The monoisotopic (exact) mass is 362 g/mol. The van der Waals surface area contributed by atoms with Crippen LogP contribution in [0.3, 0.4) is 0 Å². The molecule has 0 bridgehead atoms. The van der Waals surface area contributed by atoms with E-state index in [1.807, 2.05) is 38.1 Å². The number of anilines is 1. The Morgan fingerprint density at radius 2 is 1.88 bits per heavy atom. The molecule has 1 amide bonds. The molecule has 1 aliphatic heterocycles. The van der Waals surface area contributed by atoms with Gasteiger partial charge in [-0.1, -0.05) is 19.8 Å². The fourth-order valence-electron chi connectivity index (χ4n) is 3.34. The second-order valence-corrected chi connectivity index (χ2v) is 7.27. The Bertz CT molecular complexity index is 541. The van der Waals surface area contributed by atoms with Crippen LogP contribution >= 0.6 is 0 Å². The van der Waals surface area contributed by atoms with Crippen molar-refractivity contribution in [3.05, 3.63) is 24.3 Å². The smallest absolute Gasteiger partial charge is 0.256 e. The average Bonchev–Trinajstić information content (AvgIpc) is 2.67. The molecular formula is C21H34N2O3. The van der Waals surface area contributed by atoms with Crippen molar-refractivity contribution >= 4 is 11.6 Å². The zero-order valence-corrected chi connectivity index (χ0v) is 16.6. The summed E-state index contributed by atoms with van der Waals surface area (Å²) in [6.07, 6.45) is 6.65. The van der Waals surface area contributed by atoms with Crippen LogP contribution in [-0.2, 0) is 9.53 Å². The Balaban J connectivity index is 1.74. The lowest BCUT2D eigenvalue weighted by Gasteiger charge is -2.26.